The molecule has 0 spiro atoms. The van der Waals surface area contributed by atoms with Gasteiger partial charge in [-0.05, 0) is 51.7 Å². The number of nitrogens with one attached hydrogen (secondary N) is 1. The summed E-state index contributed by atoms with van der Waals surface area (Å²) in [5.41, 5.74) is 0. The summed E-state index contributed by atoms with van der Waals surface area (Å²) in [6.07, 6.45) is 6.50. The zero-order chi connectivity index (χ0) is 13.9. The lowest BCUT2D eigenvalue weighted by atomic mass is 10.1. The van der Waals surface area contributed by atoms with Crippen LogP contribution in [0.5, 0.6) is 0 Å². The van der Waals surface area contributed by atoms with Crippen LogP contribution in [0.1, 0.15) is 52.9 Å². The number of hydrogen-bond acceptors (Lipinski definition) is 3. The summed E-state index contributed by atoms with van der Waals surface area (Å²) in [5.74, 6) is 0. The van der Waals surface area contributed by atoms with E-state index in [2.05, 4.69) is 35.9 Å². The molecular weight excluding hydrogens is 234 g/mol. The maximum atomic E-state index is 3.65. The second-order valence-corrected chi connectivity index (χ2v) is 5.88. The molecule has 0 aromatic carbocycles. The molecule has 0 aromatic heterocycles. The van der Waals surface area contributed by atoms with Crippen molar-refractivity contribution < 1.29 is 0 Å². The van der Waals surface area contributed by atoms with Crippen molar-refractivity contribution in [2.75, 3.05) is 45.8 Å². The molecule has 0 aliphatic carbocycles. The van der Waals surface area contributed by atoms with Gasteiger partial charge in [0.05, 0.1) is 0 Å². The Morgan fingerprint density at radius 3 is 2.05 bits per heavy atom. The third-order valence-corrected chi connectivity index (χ3v) is 4.21. The fourth-order valence-corrected chi connectivity index (χ4v) is 2.91. The predicted molar refractivity (Wildman–Crippen MR) is 84.8 cm³/mol. The first kappa shape index (κ1) is 16.9. The topological polar surface area (TPSA) is 18.5 Å². The molecule has 1 heterocycles. The highest BCUT2D eigenvalue weighted by atomic mass is 15.3. The van der Waals surface area contributed by atoms with Gasteiger partial charge in [0.2, 0.25) is 0 Å². The van der Waals surface area contributed by atoms with Crippen LogP contribution in [0.3, 0.4) is 0 Å². The van der Waals surface area contributed by atoms with Crippen LogP contribution in [-0.2, 0) is 0 Å². The van der Waals surface area contributed by atoms with Crippen molar-refractivity contribution in [3.05, 3.63) is 0 Å². The Balaban J connectivity index is 2.06. The summed E-state index contributed by atoms with van der Waals surface area (Å²) < 4.78 is 0. The average molecular weight is 269 g/mol. The Hall–Kier alpha value is -0.120. The highest BCUT2D eigenvalue weighted by Crippen LogP contribution is 2.07. The van der Waals surface area contributed by atoms with E-state index in [1.54, 1.807) is 0 Å². The van der Waals surface area contributed by atoms with Gasteiger partial charge in [0.1, 0.15) is 0 Å². The molecule has 0 amide bonds. The molecule has 0 radical (unpaired) electrons. The molecular formula is C16H35N3. The molecule has 1 aliphatic heterocycles. The van der Waals surface area contributed by atoms with Crippen LogP contribution < -0.4 is 5.32 Å². The van der Waals surface area contributed by atoms with E-state index in [1.807, 2.05) is 0 Å². The van der Waals surface area contributed by atoms with E-state index in [0.717, 1.165) is 6.04 Å². The van der Waals surface area contributed by atoms with Gasteiger partial charge in [-0.3, -0.25) is 0 Å². The van der Waals surface area contributed by atoms with E-state index in [-0.39, 0.29) is 0 Å². The van der Waals surface area contributed by atoms with E-state index in [9.17, 15) is 0 Å². The second kappa shape index (κ2) is 10.6. The predicted octanol–water partition coefficient (Wildman–Crippen LogP) is 2.57. The molecule has 19 heavy (non-hydrogen) atoms. The third-order valence-electron chi connectivity index (χ3n) is 4.21. The summed E-state index contributed by atoms with van der Waals surface area (Å²) in [6, 6.07) is 0.737. The number of rotatable bonds is 10. The summed E-state index contributed by atoms with van der Waals surface area (Å²) >= 11 is 0. The summed E-state index contributed by atoms with van der Waals surface area (Å²) in [7, 11) is 0. The molecule has 1 rings (SSSR count). The van der Waals surface area contributed by atoms with Gasteiger partial charge in [-0.15, -0.1) is 0 Å². The minimum atomic E-state index is 0.737. The molecule has 1 atom stereocenters. The zero-order valence-corrected chi connectivity index (χ0v) is 13.5. The minimum absolute atomic E-state index is 0.737. The monoisotopic (exact) mass is 269 g/mol. The van der Waals surface area contributed by atoms with Crippen molar-refractivity contribution in [3.63, 3.8) is 0 Å². The van der Waals surface area contributed by atoms with Crippen LogP contribution in [0.2, 0.25) is 0 Å². The molecule has 1 aliphatic rings. The van der Waals surface area contributed by atoms with Crippen LogP contribution in [0.25, 0.3) is 0 Å². The average Bonchev–Trinajstić information content (AvgIpc) is 2.44. The van der Waals surface area contributed by atoms with Gasteiger partial charge in [-0.25, -0.2) is 0 Å². The molecule has 1 N–H and O–H groups in total. The van der Waals surface area contributed by atoms with Gasteiger partial charge < -0.3 is 15.1 Å². The number of hydrogen-bond donors (Lipinski definition) is 1. The van der Waals surface area contributed by atoms with Crippen molar-refractivity contribution >= 4 is 0 Å². The maximum absolute atomic E-state index is 3.65. The highest BCUT2D eigenvalue weighted by Gasteiger charge is 2.15. The molecule has 114 valence electrons. The SMILES string of the molecule is CCCNC(CC)CCCN1CCN(CCC)CC1. The highest BCUT2D eigenvalue weighted by molar-refractivity contribution is 4.72. The van der Waals surface area contributed by atoms with Crippen molar-refractivity contribution in [2.24, 2.45) is 0 Å². The Morgan fingerprint density at radius 2 is 1.53 bits per heavy atom. The molecule has 3 heteroatoms. The van der Waals surface area contributed by atoms with Gasteiger partial charge in [-0.2, -0.15) is 0 Å². The Kier molecular flexibility index (Phi) is 9.48. The lowest BCUT2D eigenvalue weighted by Crippen LogP contribution is -2.46. The van der Waals surface area contributed by atoms with Crippen LogP contribution >= 0.6 is 0 Å². The van der Waals surface area contributed by atoms with Gasteiger partial charge in [-0.1, -0.05) is 20.8 Å². The fraction of sp³-hybridized carbons (Fsp3) is 1.00. The number of nitrogens with zero attached hydrogens (tertiary/aromatic N) is 2. The first-order chi connectivity index (χ1) is 9.30. The number of piperazine rings is 1. The second-order valence-electron chi connectivity index (χ2n) is 5.88. The lowest BCUT2D eigenvalue weighted by molar-refractivity contribution is 0.130. The van der Waals surface area contributed by atoms with Crippen molar-refractivity contribution in [1.82, 2.24) is 15.1 Å². The van der Waals surface area contributed by atoms with Gasteiger partial charge >= 0.3 is 0 Å². The molecule has 3 nitrogen and oxygen atoms in total. The van der Waals surface area contributed by atoms with E-state index < -0.39 is 0 Å². The quantitative estimate of drug-likeness (QED) is 0.657. The minimum Gasteiger partial charge on any atom is -0.314 e. The van der Waals surface area contributed by atoms with E-state index in [0.29, 0.717) is 0 Å². The van der Waals surface area contributed by atoms with Gasteiger partial charge in [0.15, 0.2) is 0 Å². The van der Waals surface area contributed by atoms with Crippen molar-refractivity contribution in [1.29, 1.82) is 0 Å². The first-order valence-electron chi connectivity index (χ1n) is 8.48. The summed E-state index contributed by atoms with van der Waals surface area (Å²) in [5, 5.41) is 3.65. The summed E-state index contributed by atoms with van der Waals surface area (Å²) in [4.78, 5) is 5.26. The van der Waals surface area contributed by atoms with E-state index >= 15 is 0 Å². The van der Waals surface area contributed by atoms with Gasteiger partial charge in [0.25, 0.3) is 0 Å². The largest absolute Gasteiger partial charge is 0.314 e. The molecule has 0 saturated carbocycles. The maximum Gasteiger partial charge on any atom is 0.0110 e. The van der Waals surface area contributed by atoms with Gasteiger partial charge in [0, 0.05) is 32.2 Å². The fourth-order valence-electron chi connectivity index (χ4n) is 2.91. The first-order valence-corrected chi connectivity index (χ1v) is 8.48. The molecule has 1 unspecified atom stereocenters. The van der Waals surface area contributed by atoms with Crippen LogP contribution in [0.4, 0.5) is 0 Å². The van der Waals surface area contributed by atoms with Crippen molar-refractivity contribution in [2.45, 2.75) is 58.9 Å². The van der Waals surface area contributed by atoms with Crippen LogP contribution in [-0.4, -0.2) is 61.7 Å². The molecule has 1 fully saturated rings. The van der Waals surface area contributed by atoms with E-state index in [4.69, 9.17) is 0 Å². The third kappa shape index (κ3) is 7.28. The normalized spacial score (nSPS) is 19.7. The molecule has 0 aromatic rings. The Morgan fingerprint density at radius 1 is 0.895 bits per heavy atom. The standard InChI is InChI=1S/C16H35N3/c1-4-9-17-16(6-3)8-7-11-19-14-12-18(10-5-2)13-15-19/h16-17H,4-15H2,1-3H3. The van der Waals surface area contributed by atoms with Crippen LogP contribution in [0, 0.1) is 0 Å². The smallest absolute Gasteiger partial charge is 0.0110 e. The zero-order valence-electron chi connectivity index (χ0n) is 13.5. The molecule has 0 bridgehead atoms. The Labute approximate surface area is 120 Å². The van der Waals surface area contributed by atoms with Crippen molar-refractivity contribution in [3.8, 4) is 0 Å². The lowest BCUT2D eigenvalue weighted by Gasteiger charge is -2.34. The molecule has 1 saturated heterocycles. The summed E-state index contributed by atoms with van der Waals surface area (Å²) in [6.45, 7) is 15.7. The van der Waals surface area contributed by atoms with Crippen LogP contribution in [0.15, 0.2) is 0 Å². The Bertz CT molecular complexity index is 200. The van der Waals surface area contributed by atoms with E-state index in [1.165, 1.54) is 77.9 Å².